The number of sulfone groups is 1. The van der Waals surface area contributed by atoms with Crippen molar-refractivity contribution in [2.24, 2.45) is 5.84 Å². The summed E-state index contributed by atoms with van der Waals surface area (Å²) < 4.78 is 23.1. The minimum Gasteiger partial charge on any atom is -0.271 e. The van der Waals surface area contributed by atoms with Gasteiger partial charge in [0.1, 0.15) is 9.84 Å². The monoisotopic (exact) mass is 314 g/mol. The molecule has 2 unspecified atom stereocenters. The molecule has 1 aromatic rings. The number of nitrogens with one attached hydrogen (secondary N) is 1. The summed E-state index contributed by atoms with van der Waals surface area (Å²) in [4.78, 5) is 1.32. The predicted molar refractivity (Wildman–Crippen MR) is 84.6 cm³/mol. The van der Waals surface area contributed by atoms with Crippen molar-refractivity contribution in [1.82, 2.24) is 5.43 Å². The van der Waals surface area contributed by atoms with Crippen LogP contribution in [0.2, 0.25) is 0 Å². The molecule has 0 aliphatic carbocycles. The van der Waals surface area contributed by atoms with E-state index in [1.165, 1.54) is 10.5 Å². The van der Waals surface area contributed by atoms with Crippen molar-refractivity contribution >= 4 is 21.6 Å². The van der Waals surface area contributed by atoms with Crippen LogP contribution >= 0.6 is 11.8 Å². The normalized spacial score (nSPS) is 19.8. The summed E-state index contributed by atoms with van der Waals surface area (Å²) in [6.07, 6.45) is 1.45. The van der Waals surface area contributed by atoms with Gasteiger partial charge in [0.05, 0.1) is 5.75 Å². The number of benzene rings is 1. The maximum atomic E-state index is 11.5. The predicted octanol–water partition coefficient (Wildman–Crippen LogP) is 1.92. The Balaban J connectivity index is 1.97. The molecule has 0 saturated carbocycles. The fraction of sp³-hybridized carbons (Fsp3) is 0.571. The summed E-state index contributed by atoms with van der Waals surface area (Å²) in [5.41, 5.74) is 4.21. The largest absolute Gasteiger partial charge is 0.271 e. The lowest BCUT2D eigenvalue weighted by molar-refractivity contribution is 0.433. The fourth-order valence-electron chi connectivity index (χ4n) is 2.59. The molecule has 112 valence electrons. The maximum Gasteiger partial charge on any atom is 0.150 e. The van der Waals surface area contributed by atoms with Crippen molar-refractivity contribution in [1.29, 1.82) is 0 Å². The van der Waals surface area contributed by atoms with E-state index in [4.69, 9.17) is 5.84 Å². The lowest BCUT2D eigenvalue weighted by atomic mass is 9.91. The van der Waals surface area contributed by atoms with Crippen LogP contribution in [0.3, 0.4) is 0 Å². The summed E-state index contributed by atoms with van der Waals surface area (Å²) in [7, 11) is -2.88. The van der Waals surface area contributed by atoms with Crippen molar-refractivity contribution in [3.63, 3.8) is 0 Å². The van der Waals surface area contributed by atoms with Gasteiger partial charge in [-0.1, -0.05) is 25.1 Å². The van der Waals surface area contributed by atoms with Crippen LogP contribution in [0, 0.1) is 0 Å². The third kappa shape index (κ3) is 3.75. The Hall–Kier alpha value is -0.560. The van der Waals surface area contributed by atoms with Gasteiger partial charge in [0.25, 0.3) is 0 Å². The molecule has 0 saturated heterocycles. The first-order valence-electron chi connectivity index (χ1n) is 6.95. The highest BCUT2D eigenvalue weighted by molar-refractivity contribution is 7.99. The Morgan fingerprint density at radius 2 is 2.20 bits per heavy atom. The summed E-state index contributed by atoms with van der Waals surface area (Å²) in [6, 6.07) is 8.51. The zero-order valence-corrected chi connectivity index (χ0v) is 13.3. The SMILES string of the molecule is CCS(=O)(=O)CCCC(NN)C1CSc2ccccc21. The van der Waals surface area contributed by atoms with Gasteiger partial charge in [-0.2, -0.15) is 0 Å². The van der Waals surface area contributed by atoms with Gasteiger partial charge in [0.15, 0.2) is 0 Å². The molecule has 20 heavy (non-hydrogen) atoms. The standard InChI is InChI=1S/C14H22N2O2S2/c1-2-20(17,18)9-5-7-13(16-15)12-10-19-14-8-4-3-6-11(12)14/h3-4,6,8,12-13,16H,2,5,7,9-10,15H2,1H3. The van der Waals surface area contributed by atoms with Gasteiger partial charge >= 0.3 is 0 Å². The number of thioether (sulfide) groups is 1. The Morgan fingerprint density at radius 3 is 2.90 bits per heavy atom. The molecule has 2 atom stereocenters. The Kier molecular flexibility index (Phi) is 5.49. The Labute approximate surface area is 125 Å². The molecule has 0 fully saturated rings. The fourth-order valence-corrected chi connectivity index (χ4v) is 4.82. The molecule has 6 heteroatoms. The lowest BCUT2D eigenvalue weighted by Gasteiger charge is -2.23. The molecule has 4 nitrogen and oxygen atoms in total. The minimum absolute atomic E-state index is 0.137. The van der Waals surface area contributed by atoms with Gasteiger partial charge in [-0.25, -0.2) is 8.42 Å². The minimum atomic E-state index is -2.88. The molecule has 1 heterocycles. The van der Waals surface area contributed by atoms with Gasteiger partial charge < -0.3 is 0 Å². The van der Waals surface area contributed by atoms with Gasteiger partial charge in [-0.15, -0.1) is 11.8 Å². The Bertz CT molecular complexity index is 546. The third-order valence-corrected chi connectivity index (χ3v) is 6.85. The molecule has 3 N–H and O–H groups in total. The average molecular weight is 314 g/mol. The lowest BCUT2D eigenvalue weighted by Crippen LogP contribution is -2.40. The highest BCUT2D eigenvalue weighted by Gasteiger charge is 2.29. The molecule has 0 radical (unpaired) electrons. The summed E-state index contributed by atoms with van der Waals surface area (Å²) in [5, 5.41) is 0. The van der Waals surface area contributed by atoms with E-state index in [-0.39, 0.29) is 17.5 Å². The summed E-state index contributed by atoms with van der Waals surface area (Å²) in [6.45, 7) is 1.69. The first-order chi connectivity index (χ1) is 9.57. The van der Waals surface area contributed by atoms with Crippen molar-refractivity contribution in [2.75, 3.05) is 17.3 Å². The highest BCUT2D eigenvalue weighted by Crippen LogP contribution is 2.41. The molecule has 1 aliphatic heterocycles. The van der Waals surface area contributed by atoms with Gasteiger partial charge in [-0.05, 0) is 24.5 Å². The van der Waals surface area contributed by atoms with E-state index in [0.29, 0.717) is 12.3 Å². The average Bonchev–Trinajstić information content (AvgIpc) is 2.87. The number of hydrogen-bond acceptors (Lipinski definition) is 5. The van der Waals surface area contributed by atoms with Crippen LogP contribution in [0.5, 0.6) is 0 Å². The molecule has 2 rings (SSSR count). The van der Waals surface area contributed by atoms with Crippen LogP contribution in [0.25, 0.3) is 0 Å². The van der Waals surface area contributed by atoms with E-state index in [9.17, 15) is 8.42 Å². The van der Waals surface area contributed by atoms with Gasteiger partial charge in [-0.3, -0.25) is 11.3 Å². The number of rotatable bonds is 7. The molecule has 1 aliphatic rings. The molecule has 0 amide bonds. The van der Waals surface area contributed by atoms with Crippen LogP contribution in [0.1, 0.15) is 31.2 Å². The van der Waals surface area contributed by atoms with E-state index >= 15 is 0 Å². The number of hydrogen-bond donors (Lipinski definition) is 2. The van der Waals surface area contributed by atoms with Crippen molar-refractivity contribution in [3.8, 4) is 0 Å². The van der Waals surface area contributed by atoms with E-state index in [1.54, 1.807) is 6.92 Å². The van der Waals surface area contributed by atoms with Gasteiger partial charge in [0, 0.05) is 28.4 Å². The zero-order chi connectivity index (χ0) is 14.6. The Morgan fingerprint density at radius 1 is 1.45 bits per heavy atom. The van der Waals surface area contributed by atoms with E-state index in [0.717, 1.165) is 12.2 Å². The number of fused-ring (bicyclic) bond motifs is 1. The van der Waals surface area contributed by atoms with Crippen LogP contribution in [0.4, 0.5) is 0 Å². The molecular formula is C14H22N2O2S2. The molecule has 0 aromatic heterocycles. The smallest absolute Gasteiger partial charge is 0.150 e. The topological polar surface area (TPSA) is 72.2 Å². The molecule has 1 aromatic carbocycles. The first kappa shape index (κ1) is 15.8. The van der Waals surface area contributed by atoms with E-state index in [2.05, 4.69) is 17.6 Å². The number of nitrogens with two attached hydrogens (primary N) is 1. The second-order valence-corrected chi connectivity index (χ2v) is 8.64. The van der Waals surface area contributed by atoms with E-state index < -0.39 is 9.84 Å². The van der Waals surface area contributed by atoms with Crippen LogP contribution in [-0.4, -0.2) is 31.7 Å². The van der Waals surface area contributed by atoms with Crippen molar-refractivity contribution in [3.05, 3.63) is 29.8 Å². The van der Waals surface area contributed by atoms with Crippen molar-refractivity contribution < 1.29 is 8.42 Å². The zero-order valence-electron chi connectivity index (χ0n) is 11.7. The van der Waals surface area contributed by atoms with Gasteiger partial charge in [0.2, 0.25) is 0 Å². The van der Waals surface area contributed by atoms with E-state index in [1.807, 2.05) is 23.9 Å². The molecular weight excluding hydrogens is 292 g/mol. The van der Waals surface area contributed by atoms with Crippen molar-refractivity contribution in [2.45, 2.75) is 36.6 Å². The summed E-state index contributed by atoms with van der Waals surface area (Å²) >= 11 is 1.85. The van der Waals surface area contributed by atoms with Crippen LogP contribution in [0.15, 0.2) is 29.2 Å². The molecule has 0 bridgehead atoms. The quantitative estimate of drug-likeness (QED) is 0.594. The van der Waals surface area contributed by atoms with Crippen LogP contribution < -0.4 is 11.3 Å². The third-order valence-electron chi connectivity index (χ3n) is 3.85. The molecule has 0 spiro atoms. The first-order valence-corrected chi connectivity index (χ1v) is 9.76. The summed E-state index contributed by atoms with van der Waals surface area (Å²) in [5.74, 6) is 7.53. The highest BCUT2D eigenvalue weighted by atomic mass is 32.2. The maximum absolute atomic E-state index is 11.5. The second kappa shape index (κ2) is 6.93. The second-order valence-electron chi connectivity index (χ2n) is 5.11. The number of hydrazine groups is 1. The van der Waals surface area contributed by atoms with Crippen LogP contribution in [-0.2, 0) is 9.84 Å².